The second-order valence-electron chi connectivity index (χ2n) is 5.95. The predicted molar refractivity (Wildman–Crippen MR) is 76.2 cm³/mol. The number of nitrogens with zero attached hydrogens (tertiary/aromatic N) is 1. The van der Waals surface area contributed by atoms with Gasteiger partial charge in [-0.15, -0.1) is 0 Å². The van der Waals surface area contributed by atoms with Crippen molar-refractivity contribution in [2.24, 2.45) is 0 Å². The Morgan fingerprint density at radius 1 is 1.25 bits per heavy atom. The second kappa shape index (κ2) is 4.93. The van der Waals surface area contributed by atoms with E-state index in [1.165, 1.54) is 0 Å². The fourth-order valence-electron chi connectivity index (χ4n) is 2.66. The van der Waals surface area contributed by atoms with E-state index in [1.54, 1.807) is 11.9 Å². The SMILES string of the molecule is CN(CC(=O)NC1CC1)C(=O)C1(c2ccccc2)CC1. The molecule has 3 rings (SSSR count). The van der Waals surface area contributed by atoms with E-state index in [9.17, 15) is 9.59 Å². The lowest BCUT2D eigenvalue weighted by Crippen LogP contribution is -2.43. The molecule has 4 nitrogen and oxygen atoms in total. The lowest BCUT2D eigenvalue weighted by Gasteiger charge is -2.23. The Hall–Kier alpha value is -1.84. The van der Waals surface area contributed by atoms with E-state index in [0.29, 0.717) is 6.04 Å². The summed E-state index contributed by atoms with van der Waals surface area (Å²) in [6.07, 6.45) is 3.89. The zero-order chi connectivity index (χ0) is 14.2. The molecule has 2 aliphatic rings. The number of hydrogen-bond acceptors (Lipinski definition) is 2. The van der Waals surface area contributed by atoms with Crippen LogP contribution in [0.3, 0.4) is 0 Å². The maximum Gasteiger partial charge on any atom is 0.239 e. The molecule has 2 aliphatic carbocycles. The summed E-state index contributed by atoms with van der Waals surface area (Å²) in [4.78, 5) is 26.0. The summed E-state index contributed by atoms with van der Waals surface area (Å²) in [7, 11) is 1.72. The highest BCUT2D eigenvalue weighted by molar-refractivity contribution is 5.93. The van der Waals surface area contributed by atoms with Crippen LogP contribution in [0.4, 0.5) is 0 Å². The van der Waals surface area contributed by atoms with Gasteiger partial charge in [0.15, 0.2) is 0 Å². The minimum absolute atomic E-state index is 0.0489. The molecule has 1 N–H and O–H groups in total. The van der Waals surface area contributed by atoms with E-state index in [-0.39, 0.29) is 23.8 Å². The van der Waals surface area contributed by atoms with Gasteiger partial charge in [-0.2, -0.15) is 0 Å². The molecule has 0 bridgehead atoms. The number of hydrogen-bond donors (Lipinski definition) is 1. The molecule has 1 aromatic rings. The maximum absolute atomic E-state index is 12.6. The molecule has 2 saturated carbocycles. The van der Waals surface area contributed by atoms with Crippen LogP contribution in [-0.2, 0) is 15.0 Å². The number of benzene rings is 1. The molecule has 20 heavy (non-hydrogen) atoms. The highest BCUT2D eigenvalue weighted by atomic mass is 16.2. The van der Waals surface area contributed by atoms with Gasteiger partial charge in [0.2, 0.25) is 11.8 Å². The Bertz CT molecular complexity index is 519. The van der Waals surface area contributed by atoms with Crippen molar-refractivity contribution in [2.45, 2.75) is 37.1 Å². The van der Waals surface area contributed by atoms with Gasteiger partial charge in [-0.25, -0.2) is 0 Å². The Morgan fingerprint density at radius 2 is 1.90 bits per heavy atom. The topological polar surface area (TPSA) is 49.4 Å². The maximum atomic E-state index is 12.6. The van der Waals surface area contributed by atoms with Gasteiger partial charge in [0.1, 0.15) is 0 Å². The van der Waals surface area contributed by atoms with E-state index < -0.39 is 0 Å². The number of nitrogens with one attached hydrogen (secondary N) is 1. The van der Waals surface area contributed by atoms with Gasteiger partial charge in [0.05, 0.1) is 12.0 Å². The predicted octanol–water partition coefficient (Wildman–Crippen LogP) is 1.46. The van der Waals surface area contributed by atoms with Gasteiger partial charge in [0, 0.05) is 13.1 Å². The average Bonchev–Trinajstić information content (AvgIpc) is 3.33. The van der Waals surface area contributed by atoms with Gasteiger partial charge in [-0.05, 0) is 31.2 Å². The van der Waals surface area contributed by atoms with Crippen molar-refractivity contribution in [3.05, 3.63) is 35.9 Å². The summed E-state index contributed by atoms with van der Waals surface area (Å²) in [5.41, 5.74) is 0.690. The van der Waals surface area contributed by atoms with Crippen LogP contribution in [0.2, 0.25) is 0 Å². The first-order valence-corrected chi connectivity index (χ1v) is 7.22. The third-order valence-electron chi connectivity index (χ3n) is 4.16. The zero-order valence-corrected chi connectivity index (χ0v) is 11.8. The van der Waals surface area contributed by atoms with Gasteiger partial charge in [-0.1, -0.05) is 30.3 Å². The van der Waals surface area contributed by atoms with E-state index in [2.05, 4.69) is 5.32 Å². The summed E-state index contributed by atoms with van der Waals surface area (Å²) in [6, 6.07) is 10.2. The largest absolute Gasteiger partial charge is 0.352 e. The standard InChI is InChI=1S/C16H20N2O2/c1-18(11-14(19)17-13-7-8-13)15(20)16(9-10-16)12-5-3-2-4-6-12/h2-6,13H,7-11H2,1H3,(H,17,19). The molecule has 0 aromatic heterocycles. The molecule has 0 heterocycles. The number of carbonyl (C=O) groups excluding carboxylic acids is 2. The first-order valence-electron chi connectivity index (χ1n) is 7.22. The van der Waals surface area contributed by atoms with E-state index in [1.807, 2.05) is 30.3 Å². The molecule has 106 valence electrons. The van der Waals surface area contributed by atoms with Crippen molar-refractivity contribution in [3.8, 4) is 0 Å². The van der Waals surface area contributed by atoms with E-state index in [4.69, 9.17) is 0 Å². The summed E-state index contributed by atoms with van der Waals surface area (Å²) >= 11 is 0. The monoisotopic (exact) mass is 272 g/mol. The lowest BCUT2D eigenvalue weighted by molar-refractivity contribution is -0.136. The third kappa shape index (κ3) is 2.55. The summed E-state index contributed by atoms with van der Waals surface area (Å²) < 4.78 is 0. The minimum atomic E-state index is -0.379. The molecule has 2 amide bonds. The summed E-state index contributed by atoms with van der Waals surface area (Å²) in [6.45, 7) is 0.157. The second-order valence-corrected chi connectivity index (χ2v) is 5.95. The molecule has 0 unspecified atom stereocenters. The number of carbonyl (C=O) groups is 2. The smallest absolute Gasteiger partial charge is 0.239 e. The highest BCUT2D eigenvalue weighted by Crippen LogP contribution is 2.49. The molecule has 0 saturated heterocycles. The van der Waals surface area contributed by atoms with Crippen molar-refractivity contribution < 1.29 is 9.59 Å². The Morgan fingerprint density at radius 3 is 2.45 bits per heavy atom. The first kappa shape index (κ1) is 13.2. The molecular weight excluding hydrogens is 252 g/mol. The van der Waals surface area contributed by atoms with Crippen LogP contribution in [0, 0.1) is 0 Å². The van der Waals surface area contributed by atoms with Gasteiger partial charge < -0.3 is 10.2 Å². The van der Waals surface area contributed by atoms with Crippen LogP contribution in [0.5, 0.6) is 0 Å². The Kier molecular flexibility index (Phi) is 3.24. The number of amides is 2. The van der Waals surface area contributed by atoms with Crippen LogP contribution >= 0.6 is 0 Å². The molecule has 4 heteroatoms. The average molecular weight is 272 g/mol. The molecule has 0 radical (unpaired) electrons. The highest BCUT2D eigenvalue weighted by Gasteiger charge is 2.52. The van der Waals surface area contributed by atoms with Crippen LogP contribution < -0.4 is 5.32 Å². The molecule has 0 atom stereocenters. The van der Waals surface area contributed by atoms with Crippen LogP contribution in [-0.4, -0.2) is 36.3 Å². The third-order valence-corrected chi connectivity index (χ3v) is 4.16. The van der Waals surface area contributed by atoms with Crippen LogP contribution in [0.1, 0.15) is 31.2 Å². The van der Waals surface area contributed by atoms with Crippen molar-refractivity contribution in [1.82, 2.24) is 10.2 Å². The van der Waals surface area contributed by atoms with Gasteiger partial charge in [0.25, 0.3) is 0 Å². The fraction of sp³-hybridized carbons (Fsp3) is 0.500. The van der Waals surface area contributed by atoms with Crippen molar-refractivity contribution in [1.29, 1.82) is 0 Å². The molecule has 2 fully saturated rings. The van der Waals surface area contributed by atoms with Crippen LogP contribution in [0.15, 0.2) is 30.3 Å². The van der Waals surface area contributed by atoms with Crippen molar-refractivity contribution in [2.75, 3.05) is 13.6 Å². The normalized spacial score (nSPS) is 19.2. The Balaban J connectivity index is 1.64. The molecular formula is C16H20N2O2. The minimum Gasteiger partial charge on any atom is -0.352 e. The number of rotatable bonds is 5. The quantitative estimate of drug-likeness (QED) is 0.882. The zero-order valence-electron chi connectivity index (χ0n) is 11.8. The van der Waals surface area contributed by atoms with Crippen molar-refractivity contribution in [3.63, 3.8) is 0 Å². The van der Waals surface area contributed by atoms with Crippen LogP contribution in [0.25, 0.3) is 0 Å². The molecule has 0 spiro atoms. The molecule has 1 aromatic carbocycles. The van der Waals surface area contributed by atoms with Gasteiger partial charge in [-0.3, -0.25) is 9.59 Å². The summed E-state index contributed by atoms with van der Waals surface area (Å²) in [5.74, 6) is 0.0156. The van der Waals surface area contributed by atoms with Crippen molar-refractivity contribution >= 4 is 11.8 Å². The first-order chi connectivity index (χ1) is 9.62. The molecule has 0 aliphatic heterocycles. The van der Waals surface area contributed by atoms with E-state index >= 15 is 0 Å². The van der Waals surface area contributed by atoms with E-state index in [0.717, 1.165) is 31.2 Å². The fourth-order valence-corrected chi connectivity index (χ4v) is 2.66. The van der Waals surface area contributed by atoms with Gasteiger partial charge >= 0.3 is 0 Å². The summed E-state index contributed by atoms with van der Waals surface area (Å²) in [5, 5.41) is 2.92. The lowest BCUT2D eigenvalue weighted by atomic mass is 9.94. The Labute approximate surface area is 119 Å². The number of likely N-dealkylation sites (N-methyl/N-ethyl adjacent to an activating group) is 1.